The van der Waals surface area contributed by atoms with Crippen molar-refractivity contribution in [3.63, 3.8) is 0 Å². The smallest absolute Gasteiger partial charge is 0.250 e. The fourth-order valence-corrected chi connectivity index (χ4v) is 2.10. The van der Waals surface area contributed by atoms with Gasteiger partial charge in [-0.05, 0) is 12.1 Å². The molecule has 8 heteroatoms. The second-order valence-corrected chi connectivity index (χ2v) is 5.30. The molecule has 0 atom stereocenters. The summed E-state index contributed by atoms with van der Waals surface area (Å²) in [5.41, 5.74) is 5.28. The van der Waals surface area contributed by atoms with Crippen molar-refractivity contribution < 1.29 is 9.53 Å². The number of pyridine rings is 1. The Morgan fingerprint density at radius 2 is 1.65 bits per heavy atom. The molecule has 20 heavy (non-hydrogen) atoms. The Kier molecular flexibility index (Phi) is 4.60. The lowest BCUT2D eigenvalue weighted by atomic mass is 10.3. The lowest BCUT2D eigenvalue weighted by Gasteiger charge is -2.09. The Morgan fingerprint density at radius 1 is 1.00 bits per heavy atom. The van der Waals surface area contributed by atoms with Gasteiger partial charge in [-0.25, -0.2) is 4.98 Å². The van der Waals surface area contributed by atoms with Crippen LogP contribution in [0.15, 0.2) is 24.4 Å². The summed E-state index contributed by atoms with van der Waals surface area (Å²) in [6.45, 7) is 0. The van der Waals surface area contributed by atoms with E-state index in [1.807, 2.05) is 0 Å². The molecular formula is C12H6Cl4N2O2. The normalized spacial score (nSPS) is 10.4. The third kappa shape index (κ3) is 3.27. The zero-order valence-electron chi connectivity index (χ0n) is 9.66. The molecule has 0 saturated carbocycles. The summed E-state index contributed by atoms with van der Waals surface area (Å²) in [5.74, 6) is -0.335. The van der Waals surface area contributed by atoms with Gasteiger partial charge in [0.05, 0.1) is 20.6 Å². The molecule has 104 valence electrons. The molecular weight excluding hydrogens is 346 g/mol. The van der Waals surface area contributed by atoms with Crippen LogP contribution in [0, 0.1) is 0 Å². The van der Waals surface area contributed by atoms with E-state index in [4.69, 9.17) is 56.9 Å². The molecule has 1 heterocycles. The molecule has 4 nitrogen and oxygen atoms in total. The molecule has 2 rings (SSSR count). The third-order valence-electron chi connectivity index (χ3n) is 2.27. The topological polar surface area (TPSA) is 65.2 Å². The molecule has 0 aliphatic heterocycles. The predicted molar refractivity (Wildman–Crippen MR) is 79.3 cm³/mol. The van der Waals surface area contributed by atoms with Crippen LogP contribution in [-0.2, 0) is 0 Å². The standard InChI is InChI=1S/C12H6Cl4N2O2/c13-6-2-8(15)10(3-7(6)14)20-12-9(16)1-5(4-18-12)11(17)19/h1-4H,(H2,17,19). The number of hydrogen-bond donors (Lipinski definition) is 1. The van der Waals surface area contributed by atoms with Crippen molar-refractivity contribution in [2.75, 3.05) is 0 Å². The number of rotatable bonds is 3. The SMILES string of the molecule is NC(=O)c1cnc(Oc2cc(Cl)c(Cl)cc2Cl)c(Cl)c1. The van der Waals surface area contributed by atoms with E-state index >= 15 is 0 Å². The lowest BCUT2D eigenvalue weighted by molar-refractivity contribution is 0.1000. The number of carbonyl (C=O) groups is 1. The Balaban J connectivity index is 2.35. The van der Waals surface area contributed by atoms with Gasteiger partial charge in [-0.1, -0.05) is 46.4 Å². The minimum absolute atomic E-state index is 0.0666. The van der Waals surface area contributed by atoms with E-state index < -0.39 is 5.91 Å². The fourth-order valence-electron chi connectivity index (χ4n) is 1.32. The molecule has 0 aliphatic rings. The van der Waals surface area contributed by atoms with Gasteiger partial charge in [-0.15, -0.1) is 0 Å². The fraction of sp³-hybridized carbons (Fsp3) is 0. The predicted octanol–water partition coefficient (Wildman–Crippen LogP) is 4.59. The molecule has 1 amide bonds. The molecule has 0 aliphatic carbocycles. The maximum absolute atomic E-state index is 11.0. The number of carbonyl (C=O) groups excluding carboxylic acids is 1. The molecule has 0 spiro atoms. The summed E-state index contributed by atoms with van der Waals surface area (Å²) in [6, 6.07) is 4.22. The first kappa shape index (κ1) is 15.2. The first-order chi connectivity index (χ1) is 9.38. The summed E-state index contributed by atoms with van der Waals surface area (Å²) < 4.78 is 5.44. The van der Waals surface area contributed by atoms with Crippen LogP contribution in [0.5, 0.6) is 11.6 Å². The van der Waals surface area contributed by atoms with Crippen LogP contribution in [0.2, 0.25) is 20.1 Å². The molecule has 1 aromatic carbocycles. The highest BCUT2D eigenvalue weighted by molar-refractivity contribution is 6.43. The van der Waals surface area contributed by atoms with Gasteiger partial charge >= 0.3 is 0 Å². The maximum Gasteiger partial charge on any atom is 0.250 e. The average molecular weight is 352 g/mol. The van der Waals surface area contributed by atoms with Crippen molar-refractivity contribution in [3.05, 3.63) is 50.0 Å². The van der Waals surface area contributed by atoms with Gasteiger partial charge < -0.3 is 10.5 Å². The second-order valence-electron chi connectivity index (χ2n) is 3.67. The zero-order valence-corrected chi connectivity index (χ0v) is 12.7. The van der Waals surface area contributed by atoms with E-state index in [0.717, 1.165) is 0 Å². The zero-order chi connectivity index (χ0) is 14.9. The summed E-state index contributed by atoms with van der Waals surface area (Å²) in [7, 11) is 0. The number of hydrogen-bond acceptors (Lipinski definition) is 3. The molecule has 0 unspecified atom stereocenters. The second kappa shape index (κ2) is 6.06. The third-order valence-corrected chi connectivity index (χ3v) is 3.56. The van der Waals surface area contributed by atoms with E-state index in [1.165, 1.54) is 24.4 Å². The molecule has 0 bridgehead atoms. The number of nitrogens with two attached hydrogens (primary N) is 1. The van der Waals surface area contributed by atoms with Gasteiger partial charge in [0.1, 0.15) is 10.8 Å². The van der Waals surface area contributed by atoms with Crippen LogP contribution in [0.3, 0.4) is 0 Å². The number of ether oxygens (including phenoxy) is 1. The van der Waals surface area contributed by atoms with Crippen LogP contribution in [0.25, 0.3) is 0 Å². The summed E-state index contributed by atoms with van der Waals surface area (Å²) in [6.07, 6.45) is 1.25. The van der Waals surface area contributed by atoms with Gasteiger partial charge in [0.25, 0.3) is 0 Å². The Bertz CT molecular complexity index is 691. The number of aromatic nitrogens is 1. The van der Waals surface area contributed by atoms with Gasteiger partial charge in [0, 0.05) is 12.3 Å². The number of primary amides is 1. The van der Waals surface area contributed by atoms with Crippen molar-refractivity contribution in [1.82, 2.24) is 4.98 Å². The van der Waals surface area contributed by atoms with Crippen molar-refractivity contribution in [3.8, 4) is 11.6 Å². The van der Waals surface area contributed by atoms with Crippen LogP contribution >= 0.6 is 46.4 Å². The summed E-state index contributed by atoms with van der Waals surface area (Å²) >= 11 is 23.6. The monoisotopic (exact) mass is 350 g/mol. The van der Waals surface area contributed by atoms with Crippen LogP contribution in [-0.4, -0.2) is 10.9 Å². The van der Waals surface area contributed by atoms with Crippen LogP contribution in [0.1, 0.15) is 10.4 Å². The summed E-state index contributed by atoms with van der Waals surface area (Å²) in [5, 5.41) is 0.933. The van der Waals surface area contributed by atoms with Gasteiger partial charge in [-0.2, -0.15) is 0 Å². The van der Waals surface area contributed by atoms with Crippen molar-refractivity contribution in [2.45, 2.75) is 0 Å². The van der Waals surface area contributed by atoms with Crippen LogP contribution in [0.4, 0.5) is 0 Å². The van der Waals surface area contributed by atoms with Gasteiger partial charge in [0.15, 0.2) is 0 Å². The van der Waals surface area contributed by atoms with Gasteiger partial charge in [0.2, 0.25) is 11.8 Å². The number of nitrogens with zero attached hydrogens (tertiary/aromatic N) is 1. The highest BCUT2D eigenvalue weighted by atomic mass is 35.5. The van der Waals surface area contributed by atoms with E-state index in [0.29, 0.717) is 5.02 Å². The molecule has 0 fully saturated rings. The first-order valence-electron chi connectivity index (χ1n) is 5.16. The van der Waals surface area contributed by atoms with Gasteiger partial charge in [-0.3, -0.25) is 4.79 Å². The highest BCUT2D eigenvalue weighted by Crippen LogP contribution is 2.37. The Morgan fingerprint density at radius 3 is 2.25 bits per heavy atom. The number of halogens is 4. The van der Waals surface area contributed by atoms with Crippen molar-refractivity contribution in [1.29, 1.82) is 0 Å². The number of benzene rings is 1. The minimum atomic E-state index is -0.640. The van der Waals surface area contributed by atoms with E-state index in [1.54, 1.807) is 0 Å². The van der Waals surface area contributed by atoms with Crippen molar-refractivity contribution in [2.24, 2.45) is 5.73 Å². The first-order valence-corrected chi connectivity index (χ1v) is 6.67. The average Bonchev–Trinajstić information content (AvgIpc) is 2.37. The quantitative estimate of drug-likeness (QED) is 0.822. The molecule has 1 aromatic heterocycles. The summed E-state index contributed by atoms with van der Waals surface area (Å²) in [4.78, 5) is 14.9. The minimum Gasteiger partial charge on any atom is -0.436 e. The highest BCUT2D eigenvalue weighted by Gasteiger charge is 2.13. The number of amides is 1. The lowest BCUT2D eigenvalue weighted by Crippen LogP contribution is -2.11. The molecule has 2 aromatic rings. The Labute approximate surface area is 134 Å². The largest absolute Gasteiger partial charge is 0.436 e. The molecule has 2 N–H and O–H groups in total. The molecule has 0 saturated heterocycles. The van der Waals surface area contributed by atoms with E-state index in [-0.39, 0.29) is 32.3 Å². The van der Waals surface area contributed by atoms with Crippen molar-refractivity contribution >= 4 is 52.3 Å². The van der Waals surface area contributed by atoms with E-state index in [9.17, 15) is 4.79 Å². The maximum atomic E-state index is 11.0. The Hall–Kier alpha value is -1.20. The molecule has 0 radical (unpaired) electrons. The van der Waals surface area contributed by atoms with E-state index in [2.05, 4.69) is 4.98 Å². The van der Waals surface area contributed by atoms with Crippen LogP contribution < -0.4 is 10.5 Å².